The first-order chi connectivity index (χ1) is 8.51. The van der Waals surface area contributed by atoms with Crippen molar-refractivity contribution >= 4 is 0 Å². The molecule has 0 aromatic heterocycles. The van der Waals surface area contributed by atoms with Gasteiger partial charge in [-0.1, -0.05) is 39.3 Å². The van der Waals surface area contributed by atoms with Gasteiger partial charge in [-0.15, -0.1) is 0 Å². The topological polar surface area (TPSA) is 0 Å². The molecule has 0 aliphatic heterocycles. The molecule has 0 aromatic rings. The molecular weight excluding hydrogens is 216 g/mol. The molecule has 0 N–H and O–H groups in total. The highest BCUT2D eigenvalue weighted by molar-refractivity contribution is 5.17. The van der Waals surface area contributed by atoms with Crippen LogP contribution in [0.25, 0.3) is 0 Å². The summed E-state index contributed by atoms with van der Waals surface area (Å²) in [5, 5.41) is 0. The fourth-order valence-corrected chi connectivity index (χ4v) is 5.26. The van der Waals surface area contributed by atoms with E-state index in [-0.39, 0.29) is 0 Å². The van der Waals surface area contributed by atoms with Gasteiger partial charge in [-0.2, -0.15) is 0 Å². The molecule has 0 bridgehead atoms. The Kier molecular flexibility index (Phi) is 3.11. The molecule has 5 atom stereocenters. The fraction of sp³-hybridized carbons (Fsp3) is 0.889. The molecule has 2 saturated carbocycles. The predicted molar refractivity (Wildman–Crippen MR) is 78.4 cm³/mol. The third-order valence-electron chi connectivity index (χ3n) is 7.15. The Bertz CT molecular complexity index is 349. The van der Waals surface area contributed by atoms with Crippen molar-refractivity contribution in [3.8, 4) is 0 Å². The van der Waals surface area contributed by atoms with Gasteiger partial charge in [0, 0.05) is 0 Å². The maximum Gasteiger partial charge on any atom is -0.0172 e. The van der Waals surface area contributed by atoms with E-state index in [2.05, 4.69) is 33.8 Å². The summed E-state index contributed by atoms with van der Waals surface area (Å²) in [6, 6.07) is 0. The van der Waals surface area contributed by atoms with Crippen molar-refractivity contribution in [2.45, 2.75) is 66.2 Å². The zero-order chi connectivity index (χ0) is 12.9. The maximum atomic E-state index is 2.60. The summed E-state index contributed by atoms with van der Waals surface area (Å²) >= 11 is 0. The van der Waals surface area contributed by atoms with Crippen molar-refractivity contribution in [2.24, 2.45) is 35.0 Å². The number of hydrogen-bond acceptors (Lipinski definition) is 0. The van der Waals surface area contributed by atoms with Crippen LogP contribution in [0.2, 0.25) is 0 Å². The van der Waals surface area contributed by atoms with Gasteiger partial charge in [-0.3, -0.25) is 0 Å². The highest BCUT2D eigenvalue weighted by Crippen LogP contribution is 2.58. The molecule has 3 aliphatic carbocycles. The number of hydrogen-bond donors (Lipinski definition) is 0. The van der Waals surface area contributed by atoms with Crippen LogP contribution in [0.3, 0.4) is 0 Å². The lowest BCUT2D eigenvalue weighted by molar-refractivity contribution is -0.0419. The summed E-state index contributed by atoms with van der Waals surface area (Å²) < 4.78 is 0. The summed E-state index contributed by atoms with van der Waals surface area (Å²) in [5.74, 6) is 4.81. The van der Waals surface area contributed by atoms with Crippen LogP contribution in [-0.4, -0.2) is 0 Å². The van der Waals surface area contributed by atoms with E-state index in [0.29, 0.717) is 5.41 Å². The summed E-state index contributed by atoms with van der Waals surface area (Å²) in [6.07, 6.45) is 11.3. The Morgan fingerprint density at radius 1 is 1.11 bits per heavy atom. The average Bonchev–Trinajstić information content (AvgIpc) is 2.36. The minimum absolute atomic E-state index is 0.553. The zero-order valence-electron chi connectivity index (χ0n) is 12.7. The molecular formula is C18H30. The molecule has 0 heterocycles. The largest absolute Gasteiger partial charge is 0.0850 e. The standard InChI is InChI=1S/C18H30/c1-12-11-17-15(13(2)18(12,3)4)10-9-14-7-5-6-8-16(14)17/h7,12-13,15-17H,5-6,8-11H2,1-4H3. The quantitative estimate of drug-likeness (QED) is 0.499. The van der Waals surface area contributed by atoms with Crippen molar-refractivity contribution < 1.29 is 0 Å². The van der Waals surface area contributed by atoms with Crippen molar-refractivity contribution in [3.63, 3.8) is 0 Å². The predicted octanol–water partition coefficient (Wildman–Crippen LogP) is 5.44. The number of fused-ring (bicyclic) bond motifs is 3. The Morgan fingerprint density at radius 2 is 1.89 bits per heavy atom. The first kappa shape index (κ1) is 12.8. The van der Waals surface area contributed by atoms with Gasteiger partial charge in [-0.25, -0.2) is 0 Å². The average molecular weight is 246 g/mol. The molecule has 2 fully saturated rings. The summed E-state index contributed by atoms with van der Waals surface area (Å²) in [5.41, 5.74) is 2.40. The van der Waals surface area contributed by atoms with Crippen molar-refractivity contribution in [2.75, 3.05) is 0 Å². The van der Waals surface area contributed by atoms with E-state index in [1.165, 1.54) is 38.5 Å². The SMILES string of the molecule is CC1CC2C3CCCC=C3CCC2C(C)C1(C)C. The second-order valence-corrected chi connectivity index (χ2v) is 7.93. The van der Waals surface area contributed by atoms with E-state index in [9.17, 15) is 0 Å². The summed E-state index contributed by atoms with van der Waals surface area (Å²) in [7, 11) is 0. The molecule has 0 aromatic carbocycles. The Labute approximate surface area is 113 Å². The van der Waals surface area contributed by atoms with Crippen molar-refractivity contribution in [1.82, 2.24) is 0 Å². The smallest absolute Gasteiger partial charge is 0.0172 e. The van der Waals surface area contributed by atoms with Crippen LogP contribution in [0.4, 0.5) is 0 Å². The molecule has 102 valence electrons. The van der Waals surface area contributed by atoms with E-state index in [0.717, 1.165) is 29.6 Å². The number of allylic oxidation sites excluding steroid dienone is 2. The molecule has 0 nitrogen and oxygen atoms in total. The molecule has 5 unspecified atom stereocenters. The van der Waals surface area contributed by atoms with Gasteiger partial charge in [0.1, 0.15) is 0 Å². The first-order valence-corrected chi connectivity index (χ1v) is 8.20. The molecule has 3 aliphatic rings. The minimum Gasteiger partial charge on any atom is -0.0850 e. The van der Waals surface area contributed by atoms with E-state index in [1.54, 1.807) is 0 Å². The van der Waals surface area contributed by atoms with E-state index < -0.39 is 0 Å². The van der Waals surface area contributed by atoms with Gasteiger partial charge < -0.3 is 0 Å². The van der Waals surface area contributed by atoms with E-state index in [4.69, 9.17) is 0 Å². The lowest BCUT2D eigenvalue weighted by atomic mass is 9.49. The van der Waals surface area contributed by atoms with Gasteiger partial charge >= 0.3 is 0 Å². The van der Waals surface area contributed by atoms with Gasteiger partial charge in [0.05, 0.1) is 0 Å². The minimum atomic E-state index is 0.553. The highest BCUT2D eigenvalue weighted by atomic mass is 14.5. The number of rotatable bonds is 0. The van der Waals surface area contributed by atoms with Crippen molar-refractivity contribution in [3.05, 3.63) is 11.6 Å². The van der Waals surface area contributed by atoms with E-state index in [1.807, 2.05) is 5.57 Å². The summed E-state index contributed by atoms with van der Waals surface area (Å²) in [4.78, 5) is 0. The molecule has 0 amide bonds. The first-order valence-electron chi connectivity index (χ1n) is 8.20. The van der Waals surface area contributed by atoms with Gasteiger partial charge in [0.15, 0.2) is 0 Å². The second-order valence-electron chi connectivity index (χ2n) is 7.93. The van der Waals surface area contributed by atoms with Crippen LogP contribution in [0.5, 0.6) is 0 Å². The molecule has 0 radical (unpaired) electrons. The second kappa shape index (κ2) is 4.39. The molecule has 0 spiro atoms. The lowest BCUT2D eigenvalue weighted by Crippen LogP contribution is -2.48. The van der Waals surface area contributed by atoms with Crippen LogP contribution >= 0.6 is 0 Å². The van der Waals surface area contributed by atoms with Crippen molar-refractivity contribution in [1.29, 1.82) is 0 Å². The third kappa shape index (κ3) is 1.79. The van der Waals surface area contributed by atoms with E-state index >= 15 is 0 Å². The normalized spacial score (nSPS) is 46.9. The zero-order valence-corrected chi connectivity index (χ0v) is 12.7. The Balaban J connectivity index is 1.88. The Hall–Kier alpha value is -0.260. The Morgan fingerprint density at radius 3 is 2.67 bits per heavy atom. The molecule has 18 heavy (non-hydrogen) atoms. The van der Waals surface area contributed by atoms with Crippen LogP contribution < -0.4 is 0 Å². The maximum absolute atomic E-state index is 2.60. The van der Waals surface area contributed by atoms with Gasteiger partial charge in [-0.05, 0) is 73.5 Å². The highest BCUT2D eigenvalue weighted by Gasteiger charge is 2.49. The fourth-order valence-electron chi connectivity index (χ4n) is 5.26. The van der Waals surface area contributed by atoms with Crippen LogP contribution in [-0.2, 0) is 0 Å². The van der Waals surface area contributed by atoms with Crippen LogP contribution in [0.15, 0.2) is 11.6 Å². The summed E-state index contributed by atoms with van der Waals surface area (Å²) in [6.45, 7) is 10.1. The molecule has 3 rings (SSSR count). The monoisotopic (exact) mass is 246 g/mol. The lowest BCUT2D eigenvalue weighted by Gasteiger charge is -2.56. The molecule has 0 saturated heterocycles. The van der Waals surface area contributed by atoms with Gasteiger partial charge in [0.25, 0.3) is 0 Å². The van der Waals surface area contributed by atoms with Gasteiger partial charge in [0.2, 0.25) is 0 Å². The van der Waals surface area contributed by atoms with Crippen LogP contribution in [0.1, 0.15) is 66.2 Å². The van der Waals surface area contributed by atoms with Crippen LogP contribution in [0, 0.1) is 35.0 Å². The molecule has 0 heteroatoms. The third-order valence-corrected chi connectivity index (χ3v) is 7.15.